The predicted molar refractivity (Wildman–Crippen MR) is 84.4 cm³/mol. The minimum absolute atomic E-state index is 0.109. The first-order valence-electron chi connectivity index (χ1n) is 7.62. The van der Waals surface area contributed by atoms with Gasteiger partial charge in [-0.2, -0.15) is 4.98 Å². The zero-order chi connectivity index (χ0) is 16.1. The summed E-state index contributed by atoms with van der Waals surface area (Å²) in [5.74, 6) is 1.19. The quantitative estimate of drug-likeness (QED) is 0.823. The molecule has 0 aliphatic heterocycles. The third kappa shape index (κ3) is 4.41. The molecule has 1 aromatic heterocycles. The van der Waals surface area contributed by atoms with Crippen LogP contribution in [0.3, 0.4) is 0 Å². The van der Waals surface area contributed by atoms with Crippen molar-refractivity contribution < 1.29 is 9.32 Å². The van der Waals surface area contributed by atoms with E-state index in [-0.39, 0.29) is 5.91 Å². The summed E-state index contributed by atoms with van der Waals surface area (Å²) >= 11 is 0. The van der Waals surface area contributed by atoms with E-state index < -0.39 is 0 Å². The Bertz CT molecular complexity index is 629. The Labute approximate surface area is 131 Å². The molecule has 1 heterocycles. The summed E-state index contributed by atoms with van der Waals surface area (Å²) in [4.78, 5) is 18.3. The molecule has 0 atom stereocenters. The van der Waals surface area contributed by atoms with Crippen LogP contribution in [0.4, 0.5) is 0 Å². The zero-order valence-corrected chi connectivity index (χ0v) is 13.7. The van der Waals surface area contributed by atoms with Gasteiger partial charge in [0.1, 0.15) is 0 Å². The van der Waals surface area contributed by atoms with Crippen molar-refractivity contribution in [2.75, 3.05) is 6.54 Å². The van der Waals surface area contributed by atoms with Crippen molar-refractivity contribution >= 4 is 5.91 Å². The van der Waals surface area contributed by atoms with E-state index >= 15 is 0 Å². The third-order valence-corrected chi connectivity index (χ3v) is 3.54. The molecule has 0 radical (unpaired) electrons. The Morgan fingerprint density at radius 3 is 2.41 bits per heavy atom. The van der Waals surface area contributed by atoms with Crippen LogP contribution in [0.15, 0.2) is 22.7 Å². The first-order valence-corrected chi connectivity index (χ1v) is 7.62. The topological polar surface area (TPSA) is 59.2 Å². The minimum Gasteiger partial charge on any atom is -0.337 e. The number of benzene rings is 1. The molecular formula is C17H23N3O2. The van der Waals surface area contributed by atoms with Crippen molar-refractivity contribution in [3.8, 4) is 0 Å². The summed E-state index contributed by atoms with van der Waals surface area (Å²) in [5, 5.41) is 3.75. The Hall–Kier alpha value is -2.17. The van der Waals surface area contributed by atoms with E-state index in [4.69, 9.17) is 4.52 Å². The molecule has 1 aromatic carbocycles. The van der Waals surface area contributed by atoms with Gasteiger partial charge in [-0.3, -0.25) is 4.79 Å². The van der Waals surface area contributed by atoms with Crippen LogP contribution in [0.25, 0.3) is 0 Å². The summed E-state index contributed by atoms with van der Waals surface area (Å²) in [6.45, 7) is 8.89. The molecule has 0 spiro atoms. The number of hydrogen-bond donors (Lipinski definition) is 0. The molecule has 5 nitrogen and oxygen atoms in total. The van der Waals surface area contributed by atoms with Crippen LogP contribution < -0.4 is 0 Å². The minimum atomic E-state index is 0.109. The highest BCUT2D eigenvalue weighted by Crippen LogP contribution is 2.12. The zero-order valence-electron chi connectivity index (χ0n) is 13.7. The van der Waals surface area contributed by atoms with Gasteiger partial charge in [0.05, 0.1) is 6.54 Å². The molecule has 0 N–H and O–H groups in total. The standard InChI is InChI=1S/C17H23N3O2/c1-5-20(11-16-18-14(4)19-22-16)17(21)7-6-15-9-12(2)8-13(3)10-15/h8-10H,5-7,11H2,1-4H3. The van der Waals surface area contributed by atoms with Crippen molar-refractivity contribution in [2.24, 2.45) is 0 Å². The average Bonchev–Trinajstić information content (AvgIpc) is 2.86. The van der Waals surface area contributed by atoms with Crippen molar-refractivity contribution in [1.82, 2.24) is 15.0 Å². The summed E-state index contributed by atoms with van der Waals surface area (Å²) < 4.78 is 5.09. The van der Waals surface area contributed by atoms with Gasteiger partial charge in [-0.1, -0.05) is 34.5 Å². The molecule has 0 bridgehead atoms. The van der Waals surface area contributed by atoms with Crippen molar-refractivity contribution in [1.29, 1.82) is 0 Å². The number of aryl methyl sites for hydroxylation is 4. The Morgan fingerprint density at radius 2 is 1.86 bits per heavy atom. The normalized spacial score (nSPS) is 10.7. The number of rotatable bonds is 6. The lowest BCUT2D eigenvalue weighted by Gasteiger charge is -2.18. The van der Waals surface area contributed by atoms with E-state index in [1.807, 2.05) is 6.92 Å². The lowest BCUT2D eigenvalue weighted by Crippen LogP contribution is -2.30. The summed E-state index contributed by atoms with van der Waals surface area (Å²) in [6, 6.07) is 6.41. The van der Waals surface area contributed by atoms with E-state index in [1.54, 1.807) is 11.8 Å². The predicted octanol–water partition coefficient (Wildman–Crippen LogP) is 2.98. The van der Waals surface area contributed by atoms with Crippen LogP contribution in [0, 0.1) is 20.8 Å². The SMILES string of the molecule is CCN(Cc1nc(C)no1)C(=O)CCc1cc(C)cc(C)c1. The highest BCUT2D eigenvalue weighted by atomic mass is 16.5. The largest absolute Gasteiger partial charge is 0.337 e. The molecule has 0 fully saturated rings. The van der Waals surface area contributed by atoms with E-state index in [0.717, 1.165) is 6.42 Å². The highest BCUT2D eigenvalue weighted by Gasteiger charge is 2.15. The molecule has 0 saturated carbocycles. The monoisotopic (exact) mass is 301 g/mol. The van der Waals surface area contributed by atoms with Gasteiger partial charge in [-0.25, -0.2) is 0 Å². The lowest BCUT2D eigenvalue weighted by atomic mass is 10.0. The van der Waals surface area contributed by atoms with Crippen LogP contribution in [0.1, 0.15) is 41.8 Å². The third-order valence-electron chi connectivity index (χ3n) is 3.54. The number of aromatic nitrogens is 2. The van der Waals surface area contributed by atoms with Crippen LogP contribution >= 0.6 is 0 Å². The maximum atomic E-state index is 12.4. The maximum absolute atomic E-state index is 12.4. The number of nitrogens with zero attached hydrogens (tertiary/aromatic N) is 3. The number of carbonyl (C=O) groups excluding carboxylic acids is 1. The van der Waals surface area contributed by atoms with Crippen LogP contribution in [0.2, 0.25) is 0 Å². The molecule has 22 heavy (non-hydrogen) atoms. The second-order valence-corrected chi connectivity index (χ2v) is 5.64. The first kappa shape index (κ1) is 16.2. The first-order chi connectivity index (χ1) is 10.5. The van der Waals surface area contributed by atoms with Crippen molar-refractivity contribution in [2.45, 2.75) is 47.1 Å². The van der Waals surface area contributed by atoms with Crippen LogP contribution in [-0.2, 0) is 17.8 Å². The molecule has 118 valence electrons. The van der Waals surface area contributed by atoms with E-state index in [0.29, 0.717) is 31.2 Å². The molecule has 0 aliphatic rings. The van der Waals surface area contributed by atoms with E-state index in [9.17, 15) is 4.79 Å². The Morgan fingerprint density at radius 1 is 1.18 bits per heavy atom. The van der Waals surface area contributed by atoms with Gasteiger partial charge in [-0.15, -0.1) is 0 Å². The van der Waals surface area contributed by atoms with Gasteiger partial charge < -0.3 is 9.42 Å². The molecule has 1 amide bonds. The van der Waals surface area contributed by atoms with Gasteiger partial charge >= 0.3 is 0 Å². The van der Waals surface area contributed by atoms with Crippen LogP contribution in [0.5, 0.6) is 0 Å². The van der Waals surface area contributed by atoms with Crippen LogP contribution in [-0.4, -0.2) is 27.5 Å². The fourth-order valence-electron chi connectivity index (χ4n) is 2.57. The fraction of sp³-hybridized carbons (Fsp3) is 0.471. The van der Waals surface area contributed by atoms with Crippen molar-refractivity contribution in [3.05, 3.63) is 46.6 Å². The number of amides is 1. The molecule has 5 heteroatoms. The number of carbonyl (C=O) groups is 1. The highest BCUT2D eigenvalue weighted by molar-refractivity contribution is 5.76. The fourth-order valence-corrected chi connectivity index (χ4v) is 2.57. The lowest BCUT2D eigenvalue weighted by molar-refractivity contribution is -0.131. The second kappa shape index (κ2) is 7.20. The smallest absolute Gasteiger partial charge is 0.246 e. The van der Waals surface area contributed by atoms with Gasteiger partial charge in [0.2, 0.25) is 11.8 Å². The maximum Gasteiger partial charge on any atom is 0.246 e. The molecule has 0 saturated heterocycles. The Kier molecular flexibility index (Phi) is 5.31. The van der Waals surface area contributed by atoms with Gasteiger partial charge in [0, 0.05) is 13.0 Å². The van der Waals surface area contributed by atoms with Crippen molar-refractivity contribution in [3.63, 3.8) is 0 Å². The summed E-state index contributed by atoms with van der Waals surface area (Å²) in [5.41, 5.74) is 3.67. The molecule has 0 unspecified atom stereocenters. The van der Waals surface area contributed by atoms with E-state index in [1.165, 1.54) is 16.7 Å². The van der Waals surface area contributed by atoms with Gasteiger partial charge in [0.25, 0.3) is 0 Å². The summed E-state index contributed by atoms with van der Waals surface area (Å²) in [6.07, 6.45) is 1.24. The molecule has 2 aromatic rings. The van der Waals surface area contributed by atoms with Gasteiger partial charge in [0.15, 0.2) is 5.82 Å². The molecule has 0 aliphatic carbocycles. The van der Waals surface area contributed by atoms with E-state index in [2.05, 4.69) is 42.2 Å². The molecular weight excluding hydrogens is 278 g/mol. The Balaban J connectivity index is 1.94. The molecule has 2 rings (SSSR count). The average molecular weight is 301 g/mol. The summed E-state index contributed by atoms with van der Waals surface area (Å²) in [7, 11) is 0. The van der Waals surface area contributed by atoms with Gasteiger partial charge in [-0.05, 0) is 39.7 Å². The second-order valence-electron chi connectivity index (χ2n) is 5.64. The number of hydrogen-bond acceptors (Lipinski definition) is 4.